The molecule has 120 valence electrons. The van der Waals surface area contributed by atoms with E-state index >= 15 is 0 Å². The van der Waals surface area contributed by atoms with Gasteiger partial charge in [-0.1, -0.05) is 6.07 Å². The molecule has 2 rings (SSSR count). The molecule has 0 bridgehead atoms. The summed E-state index contributed by atoms with van der Waals surface area (Å²) in [6.45, 7) is 3.75. The number of hydrogen-bond acceptors (Lipinski definition) is 6. The highest BCUT2D eigenvalue weighted by Crippen LogP contribution is 2.61. The van der Waals surface area contributed by atoms with Gasteiger partial charge in [-0.25, -0.2) is 0 Å². The lowest BCUT2D eigenvalue weighted by atomic mass is 10.3. The van der Waals surface area contributed by atoms with Crippen LogP contribution in [0.15, 0.2) is 41.8 Å². The second-order valence-corrected chi connectivity index (χ2v) is 7.24. The molecule has 0 saturated heterocycles. The van der Waals surface area contributed by atoms with Gasteiger partial charge in [0.25, 0.3) is 0 Å². The van der Waals surface area contributed by atoms with Crippen molar-refractivity contribution in [2.45, 2.75) is 19.6 Å². The topological polar surface area (TPSA) is 67.8 Å². The molecule has 0 aliphatic rings. The van der Waals surface area contributed by atoms with E-state index in [0.29, 0.717) is 10.6 Å². The third kappa shape index (κ3) is 4.11. The lowest BCUT2D eigenvalue weighted by Crippen LogP contribution is -2.14. The van der Waals surface area contributed by atoms with E-state index in [9.17, 15) is 9.67 Å². The third-order valence-electron chi connectivity index (χ3n) is 2.76. The zero-order chi connectivity index (χ0) is 16.9. The van der Waals surface area contributed by atoms with E-state index in [0.717, 1.165) is 0 Å². The molecule has 0 aliphatic heterocycles. The lowest BCUT2D eigenvalue weighted by Gasteiger charge is -2.27. The molecule has 1 aromatic carbocycles. The Morgan fingerprint density at radius 2 is 1.91 bits per heavy atom. The maximum atomic E-state index is 13.3. The Bertz CT molecular complexity index is 655. The fourth-order valence-electron chi connectivity index (χ4n) is 1.87. The summed E-state index contributed by atoms with van der Waals surface area (Å²) in [5, 5.41) is 14.1. The molecule has 1 heterocycles. The van der Waals surface area contributed by atoms with Crippen molar-refractivity contribution in [2.24, 2.45) is 0 Å². The summed E-state index contributed by atoms with van der Waals surface area (Å²) < 4.78 is 32.9. The molecule has 0 saturated carbocycles. The van der Waals surface area contributed by atoms with Crippen LogP contribution in [0.3, 0.4) is 0 Å². The third-order valence-corrected chi connectivity index (χ3v) is 5.89. The maximum Gasteiger partial charge on any atom is 0.358 e. The number of nitrogens with one attached hydrogen (secondary N) is 1. The van der Waals surface area contributed by atoms with Crippen molar-refractivity contribution in [1.29, 1.82) is 0 Å². The average molecular weight is 342 g/mol. The molecule has 0 amide bonds. The van der Waals surface area contributed by atoms with Gasteiger partial charge in [0.05, 0.1) is 14.6 Å². The Kier molecular flexibility index (Phi) is 5.51. The summed E-state index contributed by atoms with van der Waals surface area (Å²) in [5.74, 6) is -1.66. The number of thiophene rings is 1. The van der Waals surface area contributed by atoms with Gasteiger partial charge in [0.1, 0.15) is 5.75 Å². The van der Waals surface area contributed by atoms with Crippen LogP contribution >= 0.6 is 18.9 Å². The largest absolute Gasteiger partial charge is 0.508 e. The van der Waals surface area contributed by atoms with E-state index in [-0.39, 0.29) is 19.0 Å². The molecule has 0 radical (unpaired) electrons. The van der Waals surface area contributed by atoms with E-state index in [2.05, 4.69) is 5.32 Å². The van der Waals surface area contributed by atoms with E-state index in [1.165, 1.54) is 23.5 Å². The molecular formula is C15H20NO4PS. The van der Waals surface area contributed by atoms with Crippen LogP contribution in [-0.2, 0) is 13.6 Å². The summed E-state index contributed by atoms with van der Waals surface area (Å²) in [7, 11) is -3.80. The van der Waals surface area contributed by atoms with Gasteiger partial charge in [0.15, 0.2) is 5.76 Å². The van der Waals surface area contributed by atoms with E-state index in [1.54, 1.807) is 43.5 Å². The number of aromatic hydroxyl groups is 1. The Hall–Kier alpha value is -1.33. The average Bonchev–Trinajstić information content (AvgIpc) is 3.05. The van der Waals surface area contributed by atoms with E-state index in [1.807, 2.05) is 0 Å². The second kappa shape index (κ2) is 7.79. The fraction of sp³-hybridized carbons (Fsp3) is 0.333. The van der Waals surface area contributed by atoms with E-state index in [4.69, 9.17) is 10.4 Å². The van der Waals surface area contributed by atoms with Crippen molar-refractivity contribution in [3.8, 4) is 5.75 Å². The number of phenolic OH excluding ortho intramolecular Hbond substituents is 1. The Morgan fingerprint density at radius 3 is 2.41 bits per heavy atom. The van der Waals surface area contributed by atoms with E-state index < -0.39 is 13.4 Å². The van der Waals surface area contributed by atoms with Crippen LogP contribution in [0.4, 0.5) is 5.69 Å². The van der Waals surface area contributed by atoms with Gasteiger partial charge in [-0.2, -0.15) is 0 Å². The molecule has 0 spiro atoms. The van der Waals surface area contributed by atoms with Gasteiger partial charge >= 0.3 is 7.60 Å². The zero-order valence-electron chi connectivity index (χ0n) is 13.5. The predicted octanol–water partition coefficient (Wildman–Crippen LogP) is 4.83. The summed E-state index contributed by atoms with van der Waals surface area (Å²) in [6.07, 6.45) is 0. The minimum Gasteiger partial charge on any atom is -0.508 e. The highest BCUT2D eigenvalue weighted by atomic mass is 32.1. The second-order valence-electron chi connectivity index (χ2n) is 4.33. The minimum absolute atomic E-state index is 0.111. The Morgan fingerprint density at radius 1 is 1.27 bits per heavy atom. The molecule has 1 aromatic heterocycles. The van der Waals surface area contributed by atoms with Gasteiger partial charge in [-0.3, -0.25) is 4.57 Å². The highest BCUT2D eigenvalue weighted by Gasteiger charge is 2.37. The van der Waals surface area contributed by atoms with Crippen molar-refractivity contribution >= 4 is 24.6 Å². The van der Waals surface area contributed by atoms with Crippen LogP contribution in [0.1, 0.15) is 25.9 Å². The van der Waals surface area contributed by atoms with Crippen molar-refractivity contribution in [1.82, 2.24) is 0 Å². The highest BCUT2D eigenvalue weighted by molar-refractivity contribution is 7.54. The zero-order valence-corrected chi connectivity index (χ0v) is 14.2. The first-order valence-electron chi connectivity index (χ1n) is 7.45. The van der Waals surface area contributed by atoms with Crippen LogP contribution in [-0.4, -0.2) is 18.3 Å². The first-order chi connectivity index (χ1) is 10.9. The first kappa shape index (κ1) is 15.6. The number of anilines is 1. The molecule has 2 aromatic rings. The molecule has 2 N–H and O–H groups in total. The van der Waals surface area contributed by atoms with Crippen LogP contribution in [0.2, 0.25) is 0 Å². The van der Waals surface area contributed by atoms with Gasteiger partial charge < -0.3 is 19.5 Å². The molecular weight excluding hydrogens is 321 g/mol. The Balaban J connectivity index is 2.47. The number of rotatable bonds is 8. The SMILES string of the molecule is [2H]C(Nc1ccc(O)cc1)(c1cccs1)P(=O)(OCC)OCC. The van der Waals surface area contributed by atoms with Crippen molar-refractivity contribution in [3.05, 3.63) is 46.7 Å². The predicted molar refractivity (Wildman–Crippen MR) is 89.6 cm³/mol. The summed E-state index contributed by atoms with van der Waals surface area (Å²) in [6, 6.07) is 9.69. The molecule has 1 atom stereocenters. The van der Waals surface area contributed by atoms with Crippen molar-refractivity contribution in [2.75, 3.05) is 18.5 Å². The summed E-state index contributed by atoms with van der Waals surface area (Å²) in [5.41, 5.74) is 0.533. The Labute approximate surface area is 135 Å². The molecule has 0 fully saturated rings. The quantitative estimate of drug-likeness (QED) is 0.531. The standard InChI is InChI=1S/C15H20NO4PS/c1-3-19-21(18,20-4-2)15(14-6-5-11-22-14)16-12-7-9-13(17)10-8-12/h5-11,15-17H,3-4H2,1-2H3/i15D. The van der Waals surface area contributed by atoms with Gasteiger partial charge in [-0.15, -0.1) is 11.3 Å². The number of hydrogen-bond donors (Lipinski definition) is 2. The van der Waals surface area contributed by atoms with Gasteiger partial charge in [0, 0.05) is 10.6 Å². The molecule has 1 unspecified atom stereocenters. The first-order valence-corrected chi connectivity index (χ1v) is 9.38. The normalized spacial score (nSPS) is 15.1. The number of benzene rings is 1. The van der Waals surface area contributed by atoms with Crippen LogP contribution < -0.4 is 5.32 Å². The fourth-order valence-corrected chi connectivity index (χ4v) is 4.61. The number of phenols is 1. The monoisotopic (exact) mass is 342 g/mol. The van der Waals surface area contributed by atoms with Crippen molar-refractivity contribution < 1.29 is 20.1 Å². The molecule has 5 nitrogen and oxygen atoms in total. The smallest absolute Gasteiger partial charge is 0.358 e. The van der Waals surface area contributed by atoms with Gasteiger partial charge in [0.2, 0.25) is 0 Å². The van der Waals surface area contributed by atoms with Crippen LogP contribution in [0, 0.1) is 0 Å². The lowest BCUT2D eigenvalue weighted by molar-refractivity contribution is 0.214. The van der Waals surface area contributed by atoms with Crippen molar-refractivity contribution in [3.63, 3.8) is 0 Å². The maximum absolute atomic E-state index is 13.3. The summed E-state index contributed by atoms with van der Waals surface area (Å²) >= 11 is 1.30. The van der Waals surface area contributed by atoms with Crippen LogP contribution in [0.25, 0.3) is 0 Å². The molecule has 0 aliphatic carbocycles. The van der Waals surface area contributed by atoms with Crippen LogP contribution in [0.5, 0.6) is 5.75 Å². The molecule has 22 heavy (non-hydrogen) atoms. The minimum atomic E-state index is -3.80. The van der Waals surface area contributed by atoms with Gasteiger partial charge in [-0.05, 0) is 49.6 Å². The summed E-state index contributed by atoms with van der Waals surface area (Å²) in [4.78, 5) is 0.524. The molecule has 7 heteroatoms.